The number of rotatable bonds is 4. The van der Waals surface area contributed by atoms with E-state index in [9.17, 15) is 0 Å². The maximum Gasteiger partial charge on any atom is 0.0800 e. The highest BCUT2D eigenvalue weighted by Gasteiger charge is 2.34. The van der Waals surface area contributed by atoms with E-state index in [1.807, 2.05) is 0 Å². The number of benzene rings is 1. The Kier molecular flexibility index (Phi) is 5.31. The van der Waals surface area contributed by atoms with Crippen molar-refractivity contribution >= 4 is 11.6 Å². The van der Waals surface area contributed by atoms with Crippen LogP contribution in [-0.2, 0) is 6.54 Å². The Bertz CT molecular complexity index is 445. The number of halogens is 1. The van der Waals surface area contributed by atoms with Gasteiger partial charge in [0.2, 0.25) is 0 Å². The average Bonchev–Trinajstić information content (AvgIpc) is 2.78. The monoisotopic (exact) mass is 275 g/mol. The molecule has 0 aromatic heterocycles. The van der Waals surface area contributed by atoms with Crippen LogP contribution in [0.1, 0.15) is 38.2 Å². The molecule has 1 aliphatic heterocycles. The van der Waals surface area contributed by atoms with Gasteiger partial charge in [0.05, 0.1) is 5.54 Å². The second-order valence-electron chi connectivity index (χ2n) is 5.38. The SMILES string of the molecule is CC1(C#CCCCCl)CCCN1Cc1ccccc1. The molecule has 1 aromatic rings. The van der Waals surface area contributed by atoms with Crippen LogP contribution in [0.2, 0.25) is 0 Å². The molecule has 2 rings (SSSR count). The second-order valence-corrected chi connectivity index (χ2v) is 5.76. The average molecular weight is 276 g/mol. The molecule has 2 heteroatoms. The minimum absolute atomic E-state index is 0.0438. The van der Waals surface area contributed by atoms with Gasteiger partial charge in [-0.05, 0) is 31.7 Å². The third kappa shape index (κ3) is 4.00. The molecule has 1 unspecified atom stereocenters. The molecule has 1 aliphatic rings. The molecular formula is C17H22ClN. The van der Waals surface area contributed by atoms with Crippen LogP contribution in [0.4, 0.5) is 0 Å². The molecule has 1 aromatic carbocycles. The lowest BCUT2D eigenvalue weighted by molar-refractivity contribution is 0.203. The highest BCUT2D eigenvalue weighted by atomic mass is 35.5. The summed E-state index contributed by atoms with van der Waals surface area (Å²) in [5.74, 6) is 7.50. The summed E-state index contributed by atoms with van der Waals surface area (Å²) in [5.41, 5.74) is 1.42. The van der Waals surface area contributed by atoms with Gasteiger partial charge in [-0.2, -0.15) is 0 Å². The number of hydrogen-bond acceptors (Lipinski definition) is 1. The lowest BCUT2D eigenvalue weighted by atomic mass is 9.99. The number of unbranched alkanes of at least 4 members (excludes halogenated alkanes) is 1. The maximum absolute atomic E-state index is 5.69. The van der Waals surface area contributed by atoms with Gasteiger partial charge in [-0.25, -0.2) is 0 Å². The van der Waals surface area contributed by atoms with Crippen molar-refractivity contribution in [3.05, 3.63) is 35.9 Å². The summed E-state index contributed by atoms with van der Waals surface area (Å²) < 4.78 is 0. The van der Waals surface area contributed by atoms with Crippen molar-refractivity contribution in [2.75, 3.05) is 12.4 Å². The molecule has 0 saturated carbocycles. The van der Waals surface area contributed by atoms with E-state index in [2.05, 4.69) is 54.0 Å². The largest absolute Gasteiger partial charge is 0.283 e. The molecule has 1 fully saturated rings. The van der Waals surface area contributed by atoms with Gasteiger partial charge in [-0.1, -0.05) is 36.3 Å². The van der Waals surface area contributed by atoms with Crippen LogP contribution in [0.5, 0.6) is 0 Å². The summed E-state index contributed by atoms with van der Waals surface area (Å²) in [5, 5.41) is 0. The zero-order valence-electron chi connectivity index (χ0n) is 11.7. The number of likely N-dealkylation sites (tertiary alicyclic amines) is 1. The topological polar surface area (TPSA) is 3.24 Å². The van der Waals surface area contributed by atoms with E-state index in [4.69, 9.17) is 11.6 Å². The number of hydrogen-bond donors (Lipinski definition) is 0. The third-order valence-electron chi connectivity index (χ3n) is 3.80. The van der Waals surface area contributed by atoms with Crippen molar-refractivity contribution in [2.24, 2.45) is 0 Å². The third-order valence-corrected chi connectivity index (χ3v) is 4.07. The molecule has 1 saturated heterocycles. The number of alkyl halides is 1. The summed E-state index contributed by atoms with van der Waals surface area (Å²) in [6.07, 6.45) is 4.32. The van der Waals surface area contributed by atoms with Gasteiger partial charge in [0.1, 0.15) is 0 Å². The molecule has 0 aliphatic carbocycles. The summed E-state index contributed by atoms with van der Waals surface area (Å²) >= 11 is 5.69. The predicted molar refractivity (Wildman–Crippen MR) is 82.2 cm³/mol. The van der Waals surface area contributed by atoms with Gasteiger partial charge in [-0.15, -0.1) is 17.5 Å². The molecule has 0 N–H and O–H groups in total. The van der Waals surface area contributed by atoms with Crippen LogP contribution in [0.3, 0.4) is 0 Å². The van der Waals surface area contributed by atoms with E-state index in [0.717, 1.165) is 25.9 Å². The zero-order valence-corrected chi connectivity index (χ0v) is 12.4. The van der Waals surface area contributed by atoms with Crippen LogP contribution in [0.25, 0.3) is 0 Å². The maximum atomic E-state index is 5.69. The van der Waals surface area contributed by atoms with Crippen molar-refractivity contribution in [2.45, 2.75) is 44.7 Å². The molecular weight excluding hydrogens is 254 g/mol. The smallest absolute Gasteiger partial charge is 0.0800 e. The fraction of sp³-hybridized carbons (Fsp3) is 0.529. The molecule has 1 atom stereocenters. The van der Waals surface area contributed by atoms with Gasteiger partial charge >= 0.3 is 0 Å². The quantitative estimate of drug-likeness (QED) is 0.455. The molecule has 0 amide bonds. The van der Waals surface area contributed by atoms with Crippen molar-refractivity contribution in [1.82, 2.24) is 4.90 Å². The Labute approximate surface area is 122 Å². The van der Waals surface area contributed by atoms with Crippen molar-refractivity contribution in [3.8, 4) is 11.8 Å². The van der Waals surface area contributed by atoms with Crippen LogP contribution >= 0.6 is 11.6 Å². The van der Waals surface area contributed by atoms with Crippen molar-refractivity contribution in [3.63, 3.8) is 0 Å². The van der Waals surface area contributed by atoms with Crippen LogP contribution in [0, 0.1) is 11.8 Å². The lowest BCUT2D eigenvalue weighted by Crippen LogP contribution is -2.39. The van der Waals surface area contributed by atoms with E-state index in [0.29, 0.717) is 5.88 Å². The first-order valence-electron chi connectivity index (χ1n) is 7.09. The summed E-state index contributed by atoms with van der Waals surface area (Å²) in [6, 6.07) is 10.7. The Hall–Kier alpha value is -0.970. The van der Waals surface area contributed by atoms with Gasteiger partial charge < -0.3 is 0 Å². The highest BCUT2D eigenvalue weighted by molar-refractivity contribution is 6.17. The van der Waals surface area contributed by atoms with Gasteiger partial charge in [0.15, 0.2) is 0 Å². The van der Waals surface area contributed by atoms with E-state index in [1.165, 1.54) is 18.4 Å². The molecule has 1 nitrogen and oxygen atoms in total. The molecule has 102 valence electrons. The zero-order chi connectivity index (χ0) is 13.6. The molecule has 0 bridgehead atoms. The van der Waals surface area contributed by atoms with Crippen LogP contribution < -0.4 is 0 Å². The molecule has 0 spiro atoms. The minimum atomic E-state index is 0.0438. The normalized spacial score (nSPS) is 23.1. The van der Waals surface area contributed by atoms with Crippen LogP contribution in [-0.4, -0.2) is 22.9 Å². The number of nitrogens with zero attached hydrogens (tertiary/aromatic N) is 1. The summed E-state index contributed by atoms with van der Waals surface area (Å²) in [6.45, 7) is 4.42. The molecule has 0 radical (unpaired) electrons. The fourth-order valence-corrected chi connectivity index (χ4v) is 2.76. The van der Waals surface area contributed by atoms with E-state index < -0.39 is 0 Å². The highest BCUT2D eigenvalue weighted by Crippen LogP contribution is 2.29. The summed E-state index contributed by atoms with van der Waals surface area (Å²) in [7, 11) is 0. The minimum Gasteiger partial charge on any atom is -0.283 e. The van der Waals surface area contributed by atoms with Crippen molar-refractivity contribution in [1.29, 1.82) is 0 Å². The van der Waals surface area contributed by atoms with Gasteiger partial charge in [-0.3, -0.25) is 4.90 Å². The van der Waals surface area contributed by atoms with E-state index in [1.54, 1.807) is 0 Å². The fourth-order valence-electron chi connectivity index (χ4n) is 2.63. The first-order valence-corrected chi connectivity index (χ1v) is 7.63. The Morgan fingerprint density at radius 3 is 2.84 bits per heavy atom. The second kappa shape index (κ2) is 6.98. The van der Waals surface area contributed by atoms with Gasteiger partial charge in [0.25, 0.3) is 0 Å². The van der Waals surface area contributed by atoms with Crippen LogP contribution in [0.15, 0.2) is 30.3 Å². The molecule has 1 heterocycles. The Balaban J connectivity index is 2.00. The summed E-state index contributed by atoms with van der Waals surface area (Å²) in [4.78, 5) is 2.51. The standard InChI is InChI=1S/C17H22ClN/c1-17(11-6-3-7-13-18)12-8-14-19(17)15-16-9-4-2-5-10-16/h2,4-5,9-10H,3,7-8,12-15H2,1H3. The Morgan fingerprint density at radius 1 is 1.32 bits per heavy atom. The first-order chi connectivity index (χ1) is 9.24. The van der Waals surface area contributed by atoms with Crippen molar-refractivity contribution < 1.29 is 0 Å². The molecule has 19 heavy (non-hydrogen) atoms. The lowest BCUT2D eigenvalue weighted by Gasteiger charge is -2.30. The predicted octanol–water partition coefficient (Wildman–Crippen LogP) is 4.06. The van der Waals surface area contributed by atoms with E-state index >= 15 is 0 Å². The van der Waals surface area contributed by atoms with Gasteiger partial charge in [0, 0.05) is 25.4 Å². The van der Waals surface area contributed by atoms with E-state index in [-0.39, 0.29) is 5.54 Å². The first kappa shape index (κ1) is 14.4. The Morgan fingerprint density at radius 2 is 2.11 bits per heavy atom.